The average molecular weight is 277 g/mol. The number of hydrogen-bond acceptors (Lipinski definition) is 3. The Hall–Kier alpha value is -2.24. The molecule has 0 bridgehead atoms. The van der Waals surface area contributed by atoms with Gasteiger partial charge in [0.15, 0.2) is 0 Å². The molecule has 1 aromatic rings. The van der Waals surface area contributed by atoms with E-state index in [1.807, 2.05) is 19.9 Å². The number of fused-ring (bicyclic) bond motifs is 1. The molecule has 0 radical (unpaired) electrons. The summed E-state index contributed by atoms with van der Waals surface area (Å²) in [4.78, 5) is 22.7. The molecule has 6 heteroatoms. The third-order valence-corrected chi connectivity index (χ3v) is 3.85. The van der Waals surface area contributed by atoms with Crippen LogP contribution in [0.3, 0.4) is 0 Å². The molecule has 0 saturated carbocycles. The van der Waals surface area contributed by atoms with Gasteiger partial charge < -0.3 is 21.1 Å². The summed E-state index contributed by atoms with van der Waals surface area (Å²) in [6.45, 7) is 3.99. The number of hydrogen-bond donors (Lipinski definition) is 4. The topological polar surface area (TPSA) is 90.5 Å². The molecule has 2 amide bonds. The highest BCUT2D eigenvalue weighted by molar-refractivity contribution is 5.94. The van der Waals surface area contributed by atoms with Crippen LogP contribution in [0.4, 0.5) is 10.5 Å². The van der Waals surface area contributed by atoms with E-state index in [-0.39, 0.29) is 23.9 Å². The molecule has 0 fully saturated rings. The minimum Gasteiger partial charge on any atom is -0.465 e. The van der Waals surface area contributed by atoms with Crippen molar-refractivity contribution in [3.63, 3.8) is 0 Å². The van der Waals surface area contributed by atoms with Crippen molar-refractivity contribution in [1.82, 2.24) is 10.6 Å². The van der Waals surface area contributed by atoms with Gasteiger partial charge in [0, 0.05) is 30.3 Å². The summed E-state index contributed by atoms with van der Waals surface area (Å²) >= 11 is 0. The number of rotatable bonds is 2. The van der Waals surface area contributed by atoms with Crippen LogP contribution in [-0.4, -0.2) is 30.2 Å². The summed E-state index contributed by atoms with van der Waals surface area (Å²) in [6.07, 6.45) is -1.06. The monoisotopic (exact) mass is 277 g/mol. The molecule has 0 saturated heterocycles. The number of carbonyl (C=O) groups excluding carboxylic acids is 1. The maximum absolute atomic E-state index is 11.7. The highest BCUT2D eigenvalue weighted by atomic mass is 16.4. The summed E-state index contributed by atoms with van der Waals surface area (Å²) in [5.41, 5.74) is 2.19. The van der Waals surface area contributed by atoms with Gasteiger partial charge in [0.2, 0.25) is 0 Å². The molecule has 0 spiro atoms. The number of carbonyl (C=O) groups is 2. The number of carboxylic acid groups (broad SMARTS) is 1. The zero-order chi connectivity index (χ0) is 14.9. The van der Waals surface area contributed by atoms with Crippen LogP contribution in [0.1, 0.15) is 35.8 Å². The van der Waals surface area contributed by atoms with E-state index in [1.54, 1.807) is 19.2 Å². The smallest absolute Gasteiger partial charge is 0.405 e. The van der Waals surface area contributed by atoms with E-state index < -0.39 is 6.09 Å². The van der Waals surface area contributed by atoms with Crippen LogP contribution in [0.15, 0.2) is 18.2 Å². The Morgan fingerprint density at radius 1 is 1.30 bits per heavy atom. The second-order valence-electron chi connectivity index (χ2n) is 5.10. The van der Waals surface area contributed by atoms with E-state index in [0.717, 1.165) is 11.3 Å². The Morgan fingerprint density at radius 3 is 2.60 bits per heavy atom. The zero-order valence-corrected chi connectivity index (χ0v) is 11.7. The van der Waals surface area contributed by atoms with Crippen molar-refractivity contribution in [1.29, 1.82) is 0 Å². The fourth-order valence-corrected chi connectivity index (χ4v) is 2.53. The van der Waals surface area contributed by atoms with Gasteiger partial charge in [-0.15, -0.1) is 0 Å². The molecule has 20 heavy (non-hydrogen) atoms. The Bertz CT molecular complexity index is 544. The molecule has 0 aliphatic carbocycles. The first-order valence-electron chi connectivity index (χ1n) is 6.56. The van der Waals surface area contributed by atoms with Crippen molar-refractivity contribution in [2.45, 2.75) is 25.9 Å². The lowest BCUT2D eigenvalue weighted by Gasteiger charge is -2.37. The third-order valence-electron chi connectivity index (χ3n) is 3.85. The van der Waals surface area contributed by atoms with Crippen LogP contribution in [0, 0.1) is 5.92 Å². The number of anilines is 1. The third kappa shape index (κ3) is 2.54. The highest BCUT2D eigenvalue weighted by Crippen LogP contribution is 2.37. The van der Waals surface area contributed by atoms with Crippen LogP contribution in [0.5, 0.6) is 0 Å². The first kappa shape index (κ1) is 14.2. The Balaban J connectivity index is 2.45. The molecule has 108 valence electrons. The van der Waals surface area contributed by atoms with Crippen molar-refractivity contribution in [2.75, 3.05) is 12.4 Å². The van der Waals surface area contributed by atoms with Gasteiger partial charge in [0.25, 0.3) is 5.91 Å². The fraction of sp³-hybridized carbons (Fsp3) is 0.429. The van der Waals surface area contributed by atoms with Gasteiger partial charge in [-0.1, -0.05) is 6.92 Å². The molecule has 1 aromatic carbocycles. The maximum Gasteiger partial charge on any atom is 0.405 e. The van der Waals surface area contributed by atoms with E-state index in [4.69, 9.17) is 5.11 Å². The molecule has 1 aliphatic heterocycles. The summed E-state index contributed by atoms with van der Waals surface area (Å²) < 4.78 is 0. The quantitative estimate of drug-likeness (QED) is 0.663. The standard InChI is InChI=1S/C14H19N3O3/c1-7-8(2)16-11-5-4-9(13(18)15-3)6-10(11)12(7)17-14(19)20/h4-8,12,16-17H,1-3H3,(H,15,18)(H,19,20)/t7-,8+,12-/m1/s1. The Morgan fingerprint density at radius 2 is 2.00 bits per heavy atom. The van der Waals surface area contributed by atoms with Crippen LogP contribution < -0.4 is 16.0 Å². The van der Waals surface area contributed by atoms with Gasteiger partial charge in [-0.2, -0.15) is 0 Å². The highest BCUT2D eigenvalue weighted by Gasteiger charge is 2.32. The molecule has 2 rings (SSSR count). The van der Waals surface area contributed by atoms with Gasteiger partial charge in [-0.25, -0.2) is 4.79 Å². The molecule has 1 aliphatic rings. The van der Waals surface area contributed by atoms with Gasteiger partial charge in [-0.3, -0.25) is 4.79 Å². The van der Waals surface area contributed by atoms with Crippen molar-refractivity contribution in [3.8, 4) is 0 Å². The van der Waals surface area contributed by atoms with E-state index in [0.29, 0.717) is 5.56 Å². The number of benzene rings is 1. The van der Waals surface area contributed by atoms with E-state index in [9.17, 15) is 9.59 Å². The second-order valence-corrected chi connectivity index (χ2v) is 5.10. The lowest BCUT2D eigenvalue weighted by atomic mass is 9.84. The van der Waals surface area contributed by atoms with E-state index >= 15 is 0 Å². The number of amides is 2. The van der Waals surface area contributed by atoms with Crippen LogP contribution >= 0.6 is 0 Å². The molecule has 1 heterocycles. The Kier molecular flexibility index (Phi) is 3.83. The molecular weight excluding hydrogens is 258 g/mol. The van der Waals surface area contributed by atoms with Gasteiger partial charge in [0.1, 0.15) is 0 Å². The SMILES string of the molecule is CNC(=O)c1ccc2c(c1)[C@H](NC(=O)O)[C@H](C)[C@H](C)N2. The first-order chi connectivity index (χ1) is 9.43. The van der Waals surface area contributed by atoms with Crippen molar-refractivity contribution >= 4 is 17.7 Å². The number of nitrogens with one attached hydrogen (secondary N) is 3. The molecule has 0 unspecified atom stereocenters. The summed E-state index contributed by atoms with van der Waals surface area (Å²) in [6, 6.07) is 5.10. The van der Waals surface area contributed by atoms with Crippen molar-refractivity contribution in [3.05, 3.63) is 29.3 Å². The van der Waals surface area contributed by atoms with Crippen LogP contribution in [0.25, 0.3) is 0 Å². The lowest BCUT2D eigenvalue weighted by molar-refractivity contribution is 0.0963. The largest absolute Gasteiger partial charge is 0.465 e. The first-order valence-corrected chi connectivity index (χ1v) is 6.56. The van der Waals surface area contributed by atoms with Crippen LogP contribution in [0.2, 0.25) is 0 Å². The Labute approximate surface area is 117 Å². The average Bonchev–Trinajstić information content (AvgIpc) is 2.42. The molecular formula is C14H19N3O3. The van der Waals surface area contributed by atoms with E-state index in [1.165, 1.54) is 0 Å². The summed E-state index contributed by atoms with van der Waals surface area (Å²) in [5.74, 6) is -0.105. The second kappa shape index (κ2) is 5.40. The van der Waals surface area contributed by atoms with Gasteiger partial charge >= 0.3 is 6.09 Å². The van der Waals surface area contributed by atoms with E-state index in [2.05, 4.69) is 16.0 Å². The molecule has 4 N–H and O–H groups in total. The zero-order valence-electron chi connectivity index (χ0n) is 11.7. The molecule has 6 nitrogen and oxygen atoms in total. The van der Waals surface area contributed by atoms with Crippen molar-refractivity contribution in [2.24, 2.45) is 5.92 Å². The van der Waals surface area contributed by atoms with Crippen LogP contribution in [-0.2, 0) is 0 Å². The summed E-state index contributed by atoms with van der Waals surface area (Å²) in [7, 11) is 1.57. The molecule has 3 atom stereocenters. The normalized spacial score (nSPS) is 24.2. The molecule has 0 aromatic heterocycles. The lowest BCUT2D eigenvalue weighted by Crippen LogP contribution is -2.42. The fourth-order valence-electron chi connectivity index (χ4n) is 2.53. The minimum atomic E-state index is -1.06. The minimum absolute atomic E-state index is 0.0820. The van der Waals surface area contributed by atoms with Gasteiger partial charge in [0.05, 0.1) is 6.04 Å². The predicted octanol–water partition coefficient (Wildman–Crippen LogP) is 1.80. The summed E-state index contributed by atoms with van der Waals surface area (Å²) in [5, 5.41) is 17.5. The van der Waals surface area contributed by atoms with Gasteiger partial charge in [-0.05, 0) is 30.7 Å². The van der Waals surface area contributed by atoms with Crippen molar-refractivity contribution < 1.29 is 14.7 Å². The predicted molar refractivity (Wildman–Crippen MR) is 76.0 cm³/mol. The maximum atomic E-state index is 11.7.